The Labute approximate surface area is 224 Å². The van der Waals surface area contributed by atoms with Gasteiger partial charge in [0, 0.05) is 25.6 Å². The first-order valence-corrected chi connectivity index (χ1v) is 13.3. The molecule has 13 heteroatoms. The van der Waals surface area contributed by atoms with Crippen LogP contribution in [0.1, 0.15) is 38.4 Å². The molecule has 0 aliphatic rings. The molecule has 0 aliphatic carbocycles. The second-order valence-electron chi connectivity index (χ2n) is 9.86. The molecule has 0 unspecified atom stereocenters. The van der Waals surface area contributed by atoms with Crippen molar-refractivity contribution in [3.05, 3.63) is 65.9 Å². The summed E-state index contributed by atoms with van der Waals surface area (Å²) in [4.78, 5) is 25.1. The smallest absolute Gasteiger partial charge is 0.435 e. The maximum absolute atomic E-state index is 13.4. The molecule has 0 fully saturated rings. The van der Waals surface area contributed by atoms with E-state index in [-0.39, 0.29) is 29.2 Å². The highest BCUT2D eigenvalue weighted by Gasteiger charge is 2.35. The maximum atomic E-state index is 13.4. The number of carbonyl (C=O) groups excluding carboxylic acids is 2. The van der Waals surface area contributed by atoms with Crippen molar-refractivity contribution in [2.24, 2.45) is 0 Å². The van der Waals surface area contributed by atoms with E-state index in [1.165, 1.54) is 19.2 Å². The average molecular weight is 567 g/mol. The number of sulfonamides is 1. The second-order valence-corrected chi connectivity index (χ2v) is 11.5. The number of nitrogens with zero attached hydrogens (tertiary/aromatic N) is 3. The van der Waals surface area contributed by atoms with E-state index in [9.17, 15) is 31.2 Å². The number of ether oxygens (including phenoxy) is 1. The van der Waals surface area contributed by atoms with E-state index in [1.807, 2.05) is 11.6 Å². The van der Waals surface area contributed by atoms with Crippen LogP contribution in [0.3, 0.4) is 0 Å². The van der Waals surface area contributed by atoms with Crippen molar-refractivity contribution in [3.8, 4) is 16.9 Å². The predicted octanol–water partition coefficient (Wildman–Crippen LogP) is 4.93. The summed E-state index contributed by atoms with van der Waals surface area (Å²) in [5.74, 6) is -0.849. The number of aryl methyl sites for hydroxylation is 1. The number of alkyl halides is 3. The number of rotatable bonds is 7. The Kier molecular flexibility index (Phi) is 8.44. The lowest BCUT2D eigenvalue weighted by Crippen LogP contribution is -2.37. The van der Waals surface area contributed by atoms with Gasteiger partial charge >= 0.3 is 12.3 Å². The van der Waals surface area contributed by atoms with Crippen molar-refractivity contribution in [1.29, 1.82) is 0 Å². The maximum Gasteiger partial charge on any atom is 0.435 e. The summed E-state index contributed by atoms with van der Waals surface area (Å²) < 4.78 is 73.9. The van der Waals surface area contributed by atoms with Gasteiger partial charge in [0.2, 0.25) is 5.91 Å². The van der Waals surface area contributed by atoms with Crippen LogP contribution < -0.4 is 4.72 Å². The fraction of sp³-hybridized carbons (Fsp3) is 0.346. The largest absolute Gasteiger partial charge is 0.444 e. The minimum atomic E-state index is -4.68. The molecule has 0 atom stereocenters. The zero-order valence-corrected chi connectivity index (χ0v) is 22.9. The number of halogens is 3. The normalized spacial score (nSPS) is 12.2. The lowest BCUT2D eigenvalue weighted by atomic mass is 10.1. The topological polar surface area (TPSA) is 111 Å². The fourth-order valence-electron chi connectivity index (χ4n) is 3.37. The van der Waals surface area contributed by atoms with Crippen LogP contribution in [0.25, 0.3) is 16.9 Å². The van der Waals surface area contributed by atoms with Gasteiger partial charge in [-0.15, -0.1) is 0 Å². The van der Waals surface area contributed by atoms with Gasteiger partial charge in [-0.25, -0.2) is 22.6 Å². The third-order valence-corrected chi connectivity index (χ3v) is 6.76. The van der Waals surface area contributed by atoms with Gasteiger partial charge < -0.3 is 9.64 Å². The Morgan fingerprint density at radius 3 is 2.15 bits per heavy atom. The zero-order valence-electron chi connectivity index (χ0n) is 22.0. The molecule has 1 N–H and O–H groups in total. The number of aromatic nitrogens is 2. The first-order valence-electron chi connectivity index (χ1n) is 11.8. The first-order chi connectivity index (χ1) is 18.0. The summed E-state index contributed by atoms with van der Waals surface area (Å²) >= 11 is 0. The zero-order chi connectivity index (χ0) is 29.2. The second kappa shape index (κ2) is 11.1. The molecule has 0 aliphatic heterocycles. The van der Waals surface area contributed by atoms with E-state index in [0.29, 0.717) is 5.56 Å². The van der Waals surface area contributed by atoms with Crippen LogP contribution in [0.5, 0.6) is 0 Å². The summed E-state index contributed by atoms with van der Waals surface area (Å²) in [7, 11) is -2.87. The van der Waals surface area contributed by atoms with Crippen LogP contribution in [0.15, 0.2) is 59.5 Å². The van der Waals surface area contributed by atoms with E-state index in [0.717, 1.165) is 33.3 Å². The molecular formula is C26H29F3N4O5S. The Morgan fingerprint density at radius 1 is 1.03 bits per heavy atom. The van der Waals surface area contributed by atoms with Crippen LogP contribution >= 0.6 is 0 Å². The van der Waals surface area contributed by atoms with Gasteiger partial charge in [0.05, 0.1) is 16.3 Å². The summed E-state index contributed by atoms with van der Waals surface area (Å²) in [6.07, 6.45) is -5.65. The molecule has 3 rings (SSSR count). The van der Waals surface area contributed by atoms with Gasteiger partial charge in [-0.2, -0.15) is 18.3 Å². The molecule has 0 spiro atoms. The first kappa shape index (κ1) is 29.7. The monoisotopic (exact) mass is 566 g/mol. The molecular weight excluding hydrogens is 537 g/mol. The third kappa shape index (κ3) is 7.82. The molecule has 1 aromatic heterocycles. The van der Waals surface area contributed by atoms with Crippen molar-refractivity contribution < 1.29 is 35.9 Å². The van der Waals surface area contributed by atoms with Crippen molar-refractivity contribution in [2.45, 2.75) is 50.8 Å². The van der Waals surface area contributed by atoms with Crippen LogP contribution in [0, 0.1) is 6.92 Å². The van der Waals surface area contributed by atoms with E-state index in [2.05, 4.69) is 5.10 Å². The van der Waals surface area contributed by atoms with Crippen molar-refractivity contribution in [1.82, 2.24) is 19.4 Å². The molecule has 2 amide bonds. The lowest BCUT2D eigenvalue weighted by Gasteiger charge is -2.24. The summed E-state index contributed by atoms with van der Waals surface area (Å²) in [5, 5.41) is 3.70. The quantitative estimate of drug-likeness (QED) is 0.434. The number of nitrogens with one attached hydrogen (secondary N) is 1. The van der Waals surface area contributed by atoms with E-state index in [4.69, 9.17) is 4.74 Å². The Bertz CT molecular complexity index is 1440. The van der Waals surface area contributed by atoms with Gasteiger partial charge in [0.1, 0.15) is 5.60 Å². The highest BCUT2D eigenvalue weighted by Crippen LogP contribution is 2.33. The molecule has 9 nitrogen and oxygen atoms in total. The third-order valence-electron chi connectivity index (χ3n) is 5.37. The Hall–Kier alpha value is -3.87. The van der Waals surface area contributed by atoms with Gasteiger partial charge in [-0.1, -0.05) is 29.8 Å². The van der Waals surface area contributed by atoms with Crippen molar-refractivity contribution >= 4 is 22.0 Å². The summed E-state index contributed by atoms with van der Waals surface area (Å²) in [6.45, 7) is 6.83. The van der Waals surface area contributed by atoms with E-state index in [1.54, 1.807) is 45.0 Å². The minimum absolute atomic E-state index is 0.0855. The number of amides is 2. The molecule has 3 aromatic rings. The number of carbonyl (C=O) groups is 2. The highest BCUT2D eigenvalue weighted by atomic mass is 32.2. The summed E-state index contributed by atoms with van der Waals surface area (Å²) in [6, 6.07) is 12.7. The standard InChI is InChI=1S/C26H29F3N4O5S/c1-17-6-8-18(9-7-17)21-16-22(26(27,28)29)30-33(21)19-10-12-20(13-11-19)39(36,37)31-23(34)14-15-32(5)24(35)38-25(2,3)4/h6-13,16H,14-15H2,1-5H3,(H,31,34). The van der Waals surface area contributed by atoms with Crippen LogP contribution in [-0.2, 0) is 25.7 Å². The van der Waals surface area contributed by atoms with Crippen molar-refractivity contribution in [2.75, 3.05) is 13.6 Å². The lowest BCUT2D eigenvalue weighted by molar-refractivity contribution is -0.141. The SMILES string of the molecule is Cc1ccc(-c2cc(C(F)(F)F)nn2-c2ccc(S(=O)(=O)NC(=O)CCN(C)C(=O)OC(C)(C)C)cc2)cc1. The molecule has 0 saturated heterocycles. The van der Waals surface area contributed by atoms with Crippen molar-refractivity contribution in [3.63, 3.8) is 0 Å². The van der Waals surface area contributed by atoms with Crippen LogP contribution in [-0.4, -0.2) is 54.3 Å². The van der Waals surface area contributed by atoms with E-state index >= 15 is 0 Å². The predicted molar refractivity (Wildman–Crippen MR) is 138 cm³/mol. The van der Waals surface area contributed by atoms with Gasteiger partial charge in [-0.05, 0) is 58.0 Å². The van der Waals surface area contributed by atoms with Gasteiger partial charge in [-0.3, -0.25) is 4.79 Å². The number of hydrogen-bond donors (Lipinski definition) is 1. The molecule has 0 saturated carbocycles. The summed E-state index contributed by atoms with van der Waals surface area (Å²) in [5.41, 5.74) is -0.0592. The van der Waals surface area contributed by atoms with Gasteiger partial charge in [0.15, 0.2) is 5.69 Å². The van der Waals surface area contributed by atoms with Crippen LogP contribution in [0.4, 0.5) is 18.0 Å². The van der Waals surface area contributed by atoms with Gasteiger partial charge in [0.25, 0.3) is 10.0 Å². The number of benzene rings is 2. The molecule has 1 heterocycles. The number of hydrogen-bond acceptors (Lipinski definition) is 6. The molecule has 210 valence electrons. The van der Waals surface area contributed by atoms with E-state index < -0.39 is 39.5 Å². The average Bonchev–Trinajstić information content (AvgIpc) is 3.28. The highest BCUT2D eigenvalue weighted by molar-refractivity contribution is 7.90. The van der Waals surface area contributed by atoms with Crippen LogP contribution in [0.2, 0.25) is 0 Å². The molecule has 39 heavy (non-hydrogen) atoms. The minimum Gasteiger partial charge on any atom is -0.444 e. The molecule has 2 aromatic carbocycles. The fourth-order valence-corrected chi connectivity index (χ4v) is 4.39. The Balaban J connectivity index is 1.77. The Morgan fingerprint density at radius 2 is 1.62 bits per heavy atom. The molecule has 0 radical (unpaired) electrons. The molecule has 0 bridgehead atoms.